The predicted octanol–water partition coefficient (Wildman–Crippen LogP) is 3.83. The highest BCUT2D eigenvalue weighted by Gasteiger charge is 2.09. The fraction of sp³-hybridized carbons (Fsp3) is 0.0714. The molecule has 90 valence electrons. The Labute approximate surface area is 103 Å². The summed E-state index contributed by atoms with van der Waals surface area (Å²) in [5.74, 6) is -0.0688. The number of rotatable bonds is 3. The quantitative estimate of drug-likeness (QED) is 0.699. The lowest BCUT2D eigenvalue weighted by molar-refractivity contribution is -0.0528. The highest BCUT2D eigenvalue weighted by molar-refractivity contribution is 5.88. The zero-order valence-electron chi connectivity index (χ0n) is 9.31. The van der Waals surface area contributed by atoms with Crippen LogP contribution in [0.15, 0.2) is 36.5 Å². The van der Waals surface area contributed by atoms with Crippen LogP contribution in [0.1, 0.15) is 11.1 Å². The number of alkyl halides is 2. The molecule has 1 aliphatic rings. The smallest absolute Gasteiger partial charge is 0.388 e. The van der Waals surface area contributed by atoms with Gasteiger partial charge in [0, 0.05) is 12.3 Å². The molecule has 1 aromatic heterocycles. The molecule has 0 atom stereocenters. The third-order valence-electron chi connectivity index (χ3n) is 2.81. The number of pyridine rings is 1. The normalized spacial score (nSPS) is 12.2. The van der Waals surface area contributed by atoms with Gasteiger partial charge in [0.15, 0.2) is 0 Å². The lowest BCUT2D eigenvalue weighted by Gasteiger charge is -2.12. The molecule has 0 saturated carbocycles. The van der Waals surface area contributed by atoms with E-state index < -0.39 is 6.61 Å². The van der Waals surface area contributed by atoms with Gasteiger partial charge in [-0.1, -0.05) is 24.3 Å². The number of fused-ring (bicyclic) bond motifs is 1. The number of ether oxygens (including phenoxy) is 1. The van der Waals surface area contributed by atoms with Crippen molar-refractivity contribution in [3.8, 4) is 17.0 Å². The van der Waals surface area contributed by atoms with E-state index in [0.29, 0.717) is 0 Å². The third-order valence-corrected chi connectivity index (χ3v) is 2.81. The van der Waals surface area contributed by atoms with Gasteiger partial charge in [-0.15, -0.1) is 0 Å². The molecule has 18 heavy (non-hydrogen) atoms. The van der Waals surface area contributed by atoms with E-state index in [1.54, 1.807) is 6.07 Å². The van der Waals surface area contributed by atoms with Crippen molar-refractivity contribution in [2.75, 3.05) is 0 Å². The van der Waals surface area contributed by atoms with E-state index in [0.717, 1.165) is 16.7 Å². The SMILES string of the molecule is FC(F)Oc1cc(-c2ccc3c(c2)C=C3)ccn1. The average molecular weight is 245 g/mol. The summed E-state index contributed by atoms with van der Waals surface area (Å²) in [5.41, 5.74) is 4.11. The van der Waals surface area contributed by atoms with Gasteiger partial charge in [0.25, 0.3) is 0 Å². The van der Waals surface area contributed by atoms with E-state index in [1.807, 2.05) is 30.4 Å². The molecular formula is C14H9F2NO. The lowest BCUT2D eigenvalue weighted by atomic mass is 9.93. The number of benzene rings is 1. The molecule has 1 aliphatic carbocycles. The van der Waals surface area contributed by atoms with E-state index in [1.165, 1.54) is 17.8 Å². The summed E-state index contributed by atoms with van der Waals surface area (Å²) in [4.78, 5) is 3.74. The second-order valence-corrected chi connectivity index (χ2v) is 3.94. The van der Waals surface area contributed by atoms with Gasteiger partial charge in [-0.05, 0) is 34.4 Å². The summed E-state index contributed by atoms with van der Waals surface area (Å²) in [6, 6.07) is 9.23. The van der Waals surface area contributed by atoms with Crippen LogP contribution in [0.5, 0.6) is 5.88 Å². The van der Waals surface area contributed by atoms with Crippen molar-refractivity contribution in [2.45, 2.75) is 6.61 Å². The van der Waals surface area contributed by atoms with Gasteiger partial charge in [-0.2, -0.15) is 8.78 Å². The number of hydrogen-bond acceptors (Lipinski definition) is 2. The van der Waals surface area contributed by atoms with Crippen LogP contribution in [0.25, 0.3) is 23.3 Å². The Morgan fingerprint density at radius 3 is 2.39 bits per heavy atom. The molecular weight excluding hydrogens is 236 g/mol. The fourth-order valence-electron chi connectivity index (χ4n) is 1.88. The van der Waals surface area contributed by atoms with Crippen molar-refractivity contribution in [1.82, 2.24) is 4.98 Å². The minimum Gasteiger partial charge on any atom is -0.417 e. The van der Waals surface area contributed by atoms with Crippen molar-refractivity contribution in [2.24, 2.45) is 0 Å². The molecule has 0 fully saturated rings. The van der Waals surface area contributed by atoms with E-state index in [2.05, 4.69) is 9.72 Å². The first-order valence-electron chi connectivity index (χ1n) is 5.46. The Morgan fingerprint density at radius 2 is 1.72 bits per heavy atom. The van der Waals surface area contributed by atoms with Crippen LogP contribution in [0.3, 0.4) is 0 Å². The Morgan fingerprint density at radius 1 is 0.944 bits per heavy atom. The monoisotopic (exact) mass is 245 g/mol. The maximum atomic E-state index is 12.1. The summed E-state index contributed by atoms with van der Waals surface area (Å²) >= 11 is 0. The molecule has 1 heterocycles. The zero-order valence-corrected chi connectivity index (χ0v) is 9.31. The van der Waals surface area contributed by atoms with Gasteiger partial charge in [0.1, 0.15) is 0 Å². The van der Waals surface area contributed by atoms with Crippen LogP contribution in [0, 0.1) is 0 Å². The minimum absolute atomic E-state index is 0.0688. The second-order valence-electron chi connectivity index (χ2n) is 3.94. The first-order valence-corrected chi connectivity index (χ1v) is 5.46. The van der Waals surface area contributed by atoms with Crippen LogP contribution in [0.2, 0.25) is 0 Å². The molecule has 0 spiro atoms. The lowest BCUT2D eigenvalue weighted by Crippen LogP contribution is -2.03. The van der Waals surface area contributed by atoms with Crippen molar-refractivity contribution in [3.63, 3.8) is 0 Å². The van der Waals surface area contributed by atoms with Crippen molar-refractivity contribution in [3.05, 3.63) is 47.7 Å². The van der Waals surface area contributed by atoms with Crippen LogP contribution in [0.4, 0.5) is 8.78 Å². The second kappa shape index (κ2) is 4.22. The Kier molecular flexibility index (Phi) is 2.55. The molecule has 0 amide bonds. The highest BCUT2D eigenvalue weighted by Crippen LogP contribution is 2.30. The van der Waals surface area contributed by atoms with Crippen molar-refractivity contribution < 1.29 is 13.5 Å². The first kappa shape index (κ1) is 10.9. The third kappa shape index (κ3) is 1.97. The van der Waals surface area contributed by atoms with Crippen molar-refractivity contribution >= 4 is 12.2 Å². The summed E-state index contributed by atoms with van der Waals surface area (Å²) < 4.78 is 28.5. The average Bonchev–Trinajstić information content (AvgIpc) is 2.30. The molecule has 0 aliphatic heterocycles. The fourth-order valence-corrected chi connectivity index (χ4v) is 1.88. The van der Waals surface area contributed by atoms with E-state index >= 15 is 0 Å². The van der Waals surface area contributed by atoms with Gasteiger partial charge in [0.2, 0.25) is 5.88 Å². The summed E-state index contributed by atoms with van der Waals surface area (Å²) in [5, 5.41) is 0. The summed E-state index contributed by atoms with van der Waals surface area (Å²) in [6.07, 6.45) is 5.50. The first-order chi connectivity index (χ1) is 8.72. The number of aromatic nitrogens is 1. The molecule has 1 aromatic carbocycles. The number of hydrogen-bond donors (Lipinski definition) is 0. The van der Waals surface area contributed by atoms with Gasteiger partial charge in [-0.3, -0.25) is 0 Å². The molecule has 3 rings (SSSR count). The molecule has 0 radical (unpaired) electrons. The topological polar surface area (TPSA) is 22.1 Å². The van der Waals surface area contributed by atoms with E-state index in [9.17, 15) is 8.78 Å². The van der Waals surface area contributed by atoms with Crippen LogP contribution < -0.4 is 4.74 Å². The molecule has 4 heteroatoms. The highest BCUT2D eigenvalue weighted by atomic mass is 19.3. The van der Waals surface area contributed by atoms with Gasteiger partial charge in [-0.25, -0.2) is 4.98 Å². The van der Waals surface area contributed by atoms with E-state index in [-0.39, 0.29) is 5.88 Å². The van der Waals surface area contributed by atoms with E-state index in [4.69, 9.17) is 0 Å². The zero-order chi connectivity index (χ0) is 12.5. The molecule has 0 bridgehead atoms. The molecule has 0 N–H and O–H groups in total. The summed E-state index contributed by atoms with van der Waals surface area (Å²) in [7, 11) is 0. The maximum Gasteiger partial charge on any atom is 0.388 e. The molecule has 2 aromatic rings. The van der Waals surface area contributed by atoms with Crippen LogP contribution in [-0.4, -0.2) is 11.6 Å². The molecule has 2 nitrogen and oxygen atoms in total. The molecule has 0 saturated heterocycles. The Hall–Kier alpha value is -2.23. The number of halogens is 2. The Bertz CT molecular complexity index is 623. The van der Waals surface area contributed by atoms with Crippen molar-refractivity contribution in [1.29, 1.82) is 0 Å². The van der Waals surface area contributed by atoms with Crippen LogP contribution in [-0.2, 0) is 0 Å². The standard InChI is InChI=1S/C14H9F2NO/c15-14(16)18-13-8-12(5-6-17-13)11-4-2-9-1-3-10(9)7-11/h1-8,14H. The maximum absolute atomic E-state index is 12.1. The number of nitrogens with zero attached hydrogens (tertiary/aromatic N) is 1. The summed E-state index contributed by atoms with van der Waals surface area (Å²) in [6.45, 7) is -2.85. The molecule has 0 unspecified atom stereocenters. The van der Waals surface area contributed by atoms with Gasteiger partial charge in [0.05, 0.1) is 0 Å². The predicted molar refractivity (Wildman–Crippen MR) is 65.2 cm³/mol. The Balaban J connectivity index is 1.94. The largest absolute Gasteiger partial charge is 0.417 e. The van der Waals surface area contributed by atoms with Crippen LogP contribution >= 0.6 is 0 Å². The van der Waals surface area contributed by atoms with Gasteiger partial charge >= 0.3 is 6.61 Å². The minimum atomic E-state index is -2.85. The van der Waals surface area contributed by atoms with Gasteiger partial charge < -0.3 is 4.74 Å².